The molecule has 0 spiro atoms. The van der Waals surface area contributed by atoms with E-state index in [1.54, 1.807) is 0 Å². The van der Waals surface area contributed by atoms with Crippen molar-refractivity contribution in [3.63, 3.8) is 0 Å². The number of carboxylic acid groups (broad SMARTS) is 1. The van der Waals surface area contributed by atoms with Gasteiger partial charge >= 0.3 is 5.97 Å². The largest absolute Gasteiger partial charge is 0.481 e. The van der Waals surface area contributed by atoms with Crippen LogP contribution in [0.2, 0.25) is 0 Å². The van der Waals surface area contributed by atoms with Gasteiger partial charge in [-0.25, -0.2) is 0 Å². The summed E-state index contributed by atoms with van der Waals surface area (Å²) in [5.74, 6) is -0.707. The van der Waals surface area contributed by atoms with Crippen molar-refractivity contribution in [1.29, 1.82) is 0 Å². The molecular weight excluding hydrogens is 448 g/mol. The van der Waals surface area contributed by atoms with Crippen molar-refractivity contribution in [2.45, 2.75) is 148 Å². The van der Waals surface area contributed by atoms with Gasteiger partial charge in [0.15, 0.2) is 0 Å². The average molecular weight is 500 g/mol. The van der Waals surface area contributed by atoms with E-state index in [4.69, 9.17) is 5.11 Å². The first kappa shape index (κ1) is 30.4. The lowest BCUT2D eigenvalue weighted by atomic mass is 10.0. The summed E-state index contributed by atoms with van der Waals surface area (Å²) in [7, 11) is 0. The number of allylic oxidation sites excluding steroid dienone is 4. The Bertz CT molecular complexity index is 442. The van der Waals surface area contributed by atoms with Gasteiger partial charge < -0.3 is 5.11 Å². The Labute approximate surface area is 202 Å². The number of rotatable bonds is 24. The molecule has 0 heterocycles. The lowest BCUT2D eigenvalue weighted by molar-refractivity contribution is -0.137. The number of halogens is 1. The minimum absolute atomic E-state index is 0.260. The summed E-state index contributed by atoms with van der Waals surface area (Å²) in [5.41, 5.74) is 0. The highest BCUT2D eigenvalue weighted by molar-refractivity contribution is 9.11. The zero-order chi connectivity index (χ0) is 22.8. The molecule has 2 nitrogen and oxygen atoms in total. The predicted octanol–water partition coefficient (Wildman–Crippen LogP) is 10.5. The molecule has 3 heteroatoms. The Morgan fingerprint density at radius 1 is 0.613 bits per heavy atom. The van der Waals surface area contributed by atoms with Crippen molar-refractivity contribution in [1.82, 2.24) is 0 Å². The summed E-state index contributed by atoms with van der Waals surface area (Å²) in [6.45, 7) is 2.29. The van der Waals surface area contributed by atoms with Crippen molar-refractivity contribution < 1.29 is 9.90 Å². The number of hydrogen-bond acceptors (Lipinski definition) is 1. The quantitative estimate of drug-likeness (QED) is 0.106. The predicted molar refractivity (Wildman–Crippen MR) is 141 cm³/mol. The van der Waals surface area contributed by atoms with Crippen molar-refractivity contribution in [2.75, 3.05) is 0 Å². The highest BCUT2D eigenvalue weighted by atomic mass is 79.9. The molecule has 0 amide bonds. The Kier molecular flexibility index (Phi) is 25.2. The van der Waals surface area contributed by atoms with E-state index in [-0.39, 0.29) is 6.42 Å². The van der Waals surface area contributed by atoms with E-state index >= 15 is 0 Å². The normalized spacial score (nSPS) is 12.1. The number of carboxylic acids is 1. The lowest BCUT2D eigenvalue weighted by Crippen LogP contribution is -1.92. The molecule has 0 saturated carbocycles. The Balaban J connectivity index is 3.23. The number of aliphatic carboxylic acids is 1. The van der Waals surface area contributed by atoms with Gasteiger partial charge in [-0.2, -0.15) is 0 Å². The summed E-state index contributed by atoms with van der Waals surface area (Å²) >= 11 is 3.58. The summed E-state index contributed by atoms with van der Waals surface area (Å²) in [6.07, 6.45) is 34.6. The van der Waals surface area contributed by atoms with Crippen LogP contribution in [0.15, 0.2) is 22.7 Å². The van der Waals surface area contributed by atoms with Crippen LogP contribution >= 0.6 is 15.9 Å². The van der Waals surface area contributed by atoms with Gasteiger partial charge in [-0.3, -0.25) is 4.79 Å². The molecule has 31 heavy (non-hydrogen) atoms. The Morgan fingerprint density at radius 2 is 1.06 bits per heavy atom. The molecule has 0 fully saturated rings. The number of unbranched alkanes of at least 4 members (excludes halogenated alkanes) is 17. The zero-order valence-corrected chi connectivity index (χ0v) is 22.1. The van der Waals surface area contributed by atoms with Crippen LogP contribution in [0.3, 0.4) is 0 Å². The second-order valence-corrected chi connectivity index (χ2v) is 10.1. The molecule has 1 N–H and O–H groups in total. The van der Waals surface area contributed by atoms with Gasteiger partial charge in [0, 0.05) is 6.42 Å². The highest BCUT2D eigenvalue weighted by Gasteiger charge is 1.96. The van der Waals surface area contributed by atoms with Crippen LogP contribution in [0.25, 0.3) is 0 Å². The first-order valence-corrected chi connectivity index (χ1v) is 14.2. The van der Waals surface area contributed by atoms with E-state index in [0.717, 1.165) is 25.7 Å². The molecule has 0 bridgehead atoms. The van der Waals surface area contributed by atoms with Gasteiger partial charge in [0.1, 0.15) is 0 Å². The SMILES string of the molecule is CCCCCCCCCCCCCCCCCC/C=C\CC/C(Br)=C\CCCC(=O)O. The molecule has 0 rings (SSSR count). The third-order valence-corrected chi connectivity index (χ3v) is 6.62. The zero-order valence-electron chi connectivity index (χ0n) is 20.5. The lowest BCUT2D eigenvalue weighted by Gasteiger charge is -2.03. The first-order chi connectivity index (χ1) is 15.2. The molecule has 0 saturated heterocycles. The molecule has 0 unspecified atom stereocenters. The van der Waals surface area contributed by atoms with Gasteiger partial charge in [0.2, 0.25) is 0 Å². The van der Waals surface area contributed by atoms with Crippen molar-refractivity contribution in [3.8, 4) is 0 Å². The molecule has 0 radical (unpaired) electrons. The maximum absolute atomic E-state index is 10.5. The van der Waals surface area contributed by atoms with Crippen molar-refractivity contribution in [2.24, 2.45) is 0 Å². The molecule has 182 valence electrons. The van der Waals surface area contributed by atoms with Crippen LogP contribution < -0.4 is 0 Å². The molecule has 0 aromatic heterocycles. The molecule has 0 atom stereocenters. The summed E-state index contributed by atoms with van der Waals surface area (Å²) in [4.78, 5) is 10.5. The van der Waals surface area contributed by atoms with Gasteiger partial charge in [-0.05, 0) is 43.0 Å². The molecule has 0 aromatic rings. The second-order valence-electron chi connectivity index (χ2n) is 9.04. The molecular formula is C28H51BrO2. The van der Waals surface area contributed by atoms with E-state index in [1.165, 1.54) is 114 Å². The number of carbonyl (C=O) groups is 1. The van der Waals surface area contributed by atoms with E-state index < -0.39 is 5.97 Å². The smallest absolute Gasteiger partial charge is 0.303 e. The van der Waals surface area contributed by atoms with Crippen LogP contribution in [-0.4, -0.2) is 11.1 Å². The van der Waals surface area contributed by atoms with E-state index in [1.807, 2.05) is 0 Å². The second kappa shape index (κ2) is 25.7. The minimum atomic E-state index is -0.707. The van der Waals surface area contributed by atoms with Crippen molar-refractivity contribution >= 4 is 21.9 Å². The van der Waals surface area contributed by atoms with Crippen LogP contribution in [-0.2, 0) is 4.79 Å². The highest BCUT2D eigenvalue weighted by Crippen LogP contribution is 2.16. The maximum atomic E-state index is 10.5. The molecule has 0 aliphatic heterocycles. The Hall–Kier alpha value is -0.570. The van der Waals surface area contributed by atoms with Crippen LogP contribution in [0.4, 0.5) is 0 Å². The molecule has 0 aromatic carbocycles. The molecule has 0 aliphatic carbocycles. The van der Waals surface area contributed by atoms with Gasteiger partial charge in [-0.15, -0.1) is 0 Å². The summed E-state index contributed by atoms with van der Waals surface area (Å²) < 4.78 is 1.20. The fraction of sp³-hybridized carbons (Fsp3) is 0.821. The molecule has 0 aliphatic rings. The standard InChI is InChI=1S/C28H51BrO2/c1-2-3-4-5-6-7-8-9-10-11-12-13-14-15-16-17-18-19-20-21-24-27(29)25-22-23-26-28(30)31/h19-20,25H,2-18,21-24,26H2,1H3,(H,30,31)/b20-19-,27-25+. The van der Waals surface area contributed by atoms with E-state index in [9.17, 15) is 4.79 Å². The Morgan fingerprint density at radius 3 is 1.55 bits per heavy atom. The third-order valence-electron chi connectivity index (χ3n) is 5.90. The maximum Gasteiger partial charge on any atom is 0.303 e. The fourth-order valence-corrected chi connectivity index (χ4v) is 4.34. The van der Waals surface area contributed by atoms with Crippen molar-refractivity contribution in [3.05, 3.63) is 22.7 Å². The fourth-order valence-electron chi connectivity index (χ4n) is 3.88. The monoisotopic (exact) mass is 498 g/mol. The number of hydrogen-bond donors (Lipinski definition) is 1. The van der Waals surface area contributed by atoms with Crippen LogP contribution in [0.1, 0.15) is 148 Å². The third kappa shape index (κ3) is 27.4. The van der Waals surface area contributed by atoms with E-state index in [2.05, 4.69) is 41.1 Å². The minimum Gasteiger partial charge on any atom is -0.481 e. The summed E-state index contributed by atoms with van der Waals surface area (Å²) in [6, 6.07) is 0. The topological polar surface area (TPSA) is 37.3 Å². The average Bonchev–Trinajstić information content (AvgIpc) is 2.75. The van der Waals surface area contributed by atoms with Crippen LogP contribution in [0, 0.1) is 0 Å². The van der Waals surface area contributed by atoms with Gasteiger partial charge in [0.05, 0.1) is 0 Å². The van der Waals surface area contributed by atoms with E-state index in [0.29, 0.717) is 0 Å². The van der Waals surface area contributed by atoms with Crippen LogP contribution in [0.5, 0.6) is 0 Å². The first-order valence-electron chi connectivity index (χ1n) is 13.4. The van der Waals surface area contributed by atoms with Gasteiger partial charge in [-0.1, -0.05) is 137 Å². The van der Waals surface area contributed by atoms with Gasteiger partial charge in [0.25, 0.3) is 0 Å². The summed E-state index contributed by atoms with van der Waals surface area (Å²) in [5, 5.41) is 8.62.